The highest BCUT2D eigenvalue weighted by Gasteiger charge is 2.58. The molecule has 24 heavy (non-hydrogen) atoms. The Kier molecular flexibility index (Phi) is 4.14. The minimum Gasteiger partial charge on any atom is -0.393 e. The van der Waals surface area contributed by atoms with Gasteiger partial charge in [-0.25, -0.2) is 0 Å². The van der Waals surface area contributed by atoms with Gasteiger partial charge in [0.05, 0.1) is 6.10 Å². The van der Waals surface area contributed by atoms with Crippen LogP contribution in [-0.2, 0) is 9.47 Å². The van der Waals surface area contributed by atoms with Crippen LogP contribution in [0.15, 0.2) is 12.2 Å². The van der Waals surface area contributed by atoms with E-state index in [1.165, 1.54) is 31.3 Å². The van der Waals surface area contributed by atoms with Crippen LogP contribution in [0.1, 0.15) is 58.3 Å². The molecule has 0 saturated heterocycles. The first kappa shape index (κ1) is 17.1. The van der Waals surface area contributed by atoms with Crippen molar-refractivity contribution >= 4 is 0 Å². The summed E-state index contributed by atoms with van der Waals surface area (Å²) >= 11 is 0. The van der Waals surface area contributed by atoms with Crippen molar-refractivity contribution in [3.8, 4) is 0 Å². The van der Waals surface area contributed by atoms with Gasteiger partial charge in [0.15, 0.2) is 5.79 Å². The highest BCUT2D eigenvalue weighted by atomic mass is 16.7. The highest BCUT2D eigenvalue weighted by molar-refractivity contribution is 5.21. The Morgan fingerprint density at radius 1 is 1.00 bits per heavy atom. The van der Waals surface area contributed by atoms with Gasteiger partial charge in [0, 0.05) is 27.1 Å². The predicted octanol–water partition coefficient (Wildman–Crippen LogP) is 4.16. The molecule has 136 valence electrons. The summed E-state index contributed by atoms with van der Waals surface area (Å²) in [5, 5.41) is 11.0. The van der Waals surface area contributed by atoms with Crippen LogP contribution in [0.4, 0.5) is 0 Å². The number of fused-ring (bicyclic) bond motifs is 5. The predicted molar refractivity (Wildman–Crippen MR) is 94.4 cm³/mol. The first-order valence-electron chi connectivity index (χ1n) is 9.91. The number of aliphatic hydroxyl groups is 1. The van der Waals surface area contributed by atoms with Gasteiger partial charge in [0.1, 0.15) is 0 Å². The Morgan fingerprint density at radius 3 is 2.38 bits per heavy atom. The highest BCUT2D eigenvalue weighted by Crippen LogP contribution is 2.64. The van der Waals surface area contributed by atoms with Gasteiger partial charge in [-0.2, -0.15) is 0 Å². The Balaban J connectivity index is 1.58. The number of rotatable bonds is 2. The quantitative estimate of drug-likeness (QED) is 0.609. The molecule has 0 aliphatic heterocycles. The minimum atomic E-state index is -0.472. The lowest BCUT2D eigenvalue weighted by Crippen LogP contribution is -2.55. The third kappa shape index (κ3) is 2.27. The molecule has 0 aromatic rings. The van der Waals surface area contributed by atoms with Gasteiger partial charge in [-0.05, 0) is 73.5 Å². The fourth-order valence-electron chi connectivity index (χ4n) is 7.17. The summed E-state index contributed by atoms with van der Waals surface area (Å²) in [6.45, 7) is 6.84. The second-order valence-corrected chi connectivity index (χ2v) is 9.23. The monoisotopic (exact) mass is 334 g/mol. The van der Waals surface area contributed by atoms with Crippen molar-refractivity contribution in [3.63, 3.8) is 0 Å². The Labute approximate surface area is 146 Å². The summed E-state index contributed by atoms with van der Waals surface area (Å²) in [5.41, 5.74) is 1.81. The van der Waals surface area contributed by atoms with Gasteiger partial charge in [-0.15, -0.1) is 0 Å². The largest absolute Gasteiger partial charge is 0.393 e. The lowest BCUT2D eigenvalue weighted by molar-refractivity contribution is -0.256. The number of hydrogen-bond acceptors (Lipinski definition) is 3. The molecule has 0 spiro atoms. The molecule has 0 aromatic heterocycles. The molecule has 4 fully saturated rings. The Bertz CT molecular complexity index is 511. The molecule has 0 radical (unpaired) electrons. The topological polar surface area (TPSA) is 38.7 Å². The summed E-state index contributed by atoms with van der Waals surface area (Å²) in [6, 6.07) is 0. The van der Waals surface area contributed by atoms with Crippen molar-refractivity contribution in [1.82, 2.24) is 0 Å². The normalized spacial score (nSPS) is 50.1. The zero-order valence-electron chi connectivity index (χ0n) is 15.6. The van der Waals surface area contributed by atoms with E-state index in [1.54, 1.807) is 14.2 Å². The van der Waals surface area contributed by atoms with Crippen LogP contribution >= 0.6 is 0 Å². The molecule has 0 unspecified atom stereocenters. The van der Waals surface area contributed by atoms with Crippen molar-refractivity contribution in [2.24, 2.45) is 35.0 Å². The van der Waals surface area contributed by atoms with Crippen LogP contribution in [0.5, 0.6) is 0 Å². The molecule has 0 heterocycles. The van der Waals surface area contributed by atoms with Crippen molar-refractivity contribution in [2.45, 2.75) is 70.2 Å². The molecular formula is C21H34O3. The van der Waals surface area contributed by atoms with E-state index in [0.717, 1.165) is 37.5 Å². The summed E-state index contributed by atoms with van der Waals surface area (Å²) in [6.07, 6.45) is 8.84. The van der Waals surface area contributed by atoms with Crippen LogP contribution in [0, 0.1) is 35.0 Å². The van der Waals surface area contributed by atoms with E-state index in [9.17, 15) is 5.11 Å². The molecule has 0 amide bonds. The number of hydrogen-bond donors (Lipinski definition) is 1. The number of methoxy groups -OCH3 is 2. The van der Waals surface area contributed by atoms with E-state index < -0.39 is 5.79 Å². The summed E-state index contributed by atoms with van der Waals surface area (Å²) < 4.78 is 11.4. The second kappa shape index (κ2) is 5.82. The lowest BCUT2D eigenvalue weighted by atomic mass is 9.49. The third-order valence-corrected chi connectivity index (χ3v) is 8.70. The van der Waals surface area contributed by atoms with Crippen LogP contribution in [0.2, 0.25) is 0 Å². The maximum atomic E-state index is 11.0. The summed E-state index contributed by atoms with van der Waals surface area (Å²) in [5.74, 6) is 2.74. The molecule has 4 saturated carbocycles. The van der Waals surface area contributed by atoms with Crippen molar-refractivity contribution in [3.05, 3.63) is 12.2 Å². The maximum Gasteiger partial charge on any atom is 0.167 e. The summed E-state index contributed by atoms with van der Waals surface area (Å²) in [7, 11) is 3.50. The van der Waals surface area contributed by atoms with Crippen LogP contribution < -0.4 is 0 Å². The molecule has 0 aromatic carbocycles. The van der Waals surface area contributed by atoms with E-state index >= 15 is 0 Å². The molecule has 3 heteroatoms. The number of aliphatic hydroxyl groups excluding tert-OH is 1. The van der Waals surface area contributed by atoms with E-state index in [0.29, 0.717) is 23.2 Å². The molecular weight excluding hydrogens is 300 g/mol. The molecule has 4 rings (SSSR count). The average Bonchev–Trinajstić information content (AvgIpc) is 2.90. The van der Waals surface area contributed by atoms with Crippen LogP contribution in [0.3, 0.4) is 0 Å². The molecule has 1 N–H and O–H groups in total. The van der Waals surface area contributed by atoms with E-state index in [4.69, 9.17) is 9.47 Å². The second-order valence-electron chi connectivity index (χ2n) is 9.23. The van der Waals surface area contributed by atoms with Gasteiger partial charge in [-0.1, -0.05) is 19.1 Å². The SMILES string of the molecule is C=C1CC[C@H]2[C@@H]3C[C@H](O)[C@@H]4CC(OC)(OC)CC[C@@H]4[C@H]3CC[C@]12C. The Morgan fingerprint density at radius 2 is 1.67 bits per heavy atom. The van der Waals surface area contributed by atoms with Gasteiger partial charge in [0.2, 0.25) is 0 Å². The van der Waals surface area contributed by atoms with Gasteiger partial charge in [-0.3, -0.25) is 0 Å². The van der Waals surface area contributed by atoms with E-state index in [1.807, 2.05) is 0 Å². The van der Waals surface area contributed by atoms with E-state index in [2.05, 4.69) is 13.5 Å². The first-order chi connectivity index (χ1) is 11.4. The lowest BCUT2D eigenvalue weighted by Gasteiger charge is -2.58. The molecule has 7 atom stereocenters. The maximum absolute atomic E-state index is 11.0. The third-order valence-electron chi connectivity index (χ3n) is 8.70. The fraction of sp³-hybridized carbons (Fsp3) is 0.905. The van der Waals surface area contributed by atoms with Crippen molar-refractivity contribution in [2.75, 3.05) is 14.2 Å². The van der Waals surface area contributed by atoms with Crippen LogP contribution in [-0.4, -0.2) is 31.2 Å². The molecule has 4 aliphatic carbocycles. The fourth-order valence-corrected chi connectivity index (χ4v) is 7.17. The average molecular weight is 335 g/mol. The summed E-state index contributed by atoms with van der Waals surface area (Å²) in [4.78, 5) is 0. The molecule has 3 nitrogen and oxygen atoms in total. The van der Waals surface area contributed by atoms with Crippen molar-refractivity contribution < 1.29 is 14.6 Å². The zero-order chi connectivity index (χ0) is 17.1. The number of ether oxygens (including phenoxy) is 2. The standard InChI is InChI=1S/C21H34O3/c1-13-5-6-18-16-11-19(22)17-12-21(23-3,24-4)10-8-15(17)14(16)7-9-20(13,18)2/h14-19,22H,1,5-12H2,2-4H3/t14-,15-,16-,17-,18+,19+,20-/m1/s1. The van der Waals surface area contributed by atoms with Gasteiger partial charge in [0.25, 0.3) is 0 Å². The van der Waals surface area contributed by atoms with Gasteiger partial charge >= 0.3 is 0 Å². The molecule has 0 bridgehead atoms. The van der Waals surface area contributed by atoms with Crippen LogP contribution in [0.25, 0.3) is 0 Å². The van der Waals surface area contributed by atoms with Gasteiger partial charge < -0.3 is 14.6 Å². The van der Waals surface area contributed by atoms with E-state index in [-0.39, 0.29) is 6.10 Å². The minimum absolute atomic E-state index is 0.197. The number of allylic oxidation sites excluding steroid dienone is 1. The molecule has 4 aliphatic rings. The first-order valence-corrected chi connectivity index (χ1v) is 9.91. The smallest absolute Gasteiger partial charge is 0.167 e. The Hall–Kier alpha value is -0.380. The van der Waals surface area contributed by atoms with Crippen molar-refractivity contribution in [1.29, 1.82) is 0 Å². The zero-order valence-corrected chi connectivity index (χ0v) is 15.6.